The van der Waals surface area contributed by atoms with Gasteiger partial charge in [-0.3, -0.25) is 4.98 Å². The molecule has 0 saturated carbocycles. The Morgan fingerprint density at radius 2 is 2.05 bits per heavy atom. The lowest BCUT2D eigenvalue weighted by Gasteiger charge is -2.20. The molecule has 1 fully saturated rings. The summed E-state index contributed by atoms with van der Waals surface area (Å²) in [6.45, 7) is 10.3. The van der Waals surface area contributed by atoms with Crippen LogP contribution in [0.5, 0.6) is 0 Å². The first-order valence-electron chi connectivity index (χ1n) is 8.31. The molecule has 4 heteroatoms. The Bertz CT molecular complexity index is 603. The Morgan fingerprint density at radius 1 is 1.27 bits per heavy atom. The quantitative estimate of drug-likeness (QED) is 0.846. The van der Waals surface area contributed by atoms with Crippen LogP contribution >= 0.6 is 0 Å². The molecule has 0 N–H and O–H groups in total. The Labute approximate surface area is 133 Å². The topological polar surface area (TPSA) is 34.0 Å². The van der Waals surface area contributed by atoms with Gasteiger partial charge in [0.15, 0.2) is 0 Å². The Hall–Kier alpha value is -1.68. The molecule has 0 amide bonds. The van der Waals surface area contributed by atoms with Crippen LogP contribution < -0.4 is 0 Å². The average molecular weight is 298 g/mol. The van der Waals surface area contributed by atoms with E-state index in [2.05, 4.69) is 40.2 Å². The minimum atomic E-state index is 0.540. The van der Waals surface area contributed by atoms with Crippen LogP contribution in [0.1, 0.15) is 38.4 Å². The van der Waals surface area contributed by atoms with E-state index >= 15 is 0 Å². The fraction of sp³-hybridized carbons (Fsp3) is 0.556. The summed E-state index contributed by atoms with van der Waals surface area (Å²) in [6, 6.07) is 4.63. The maximum Gasteiger partial charge on any atom is 0.140 e. The van der Waals surface area contributed by atoms with E-state index in [4.69, 9.17) is 0 Å². The number of aryl methyl sites for hydroxylation is 1. The van der Waals surface area contributed by atoms with E-state index in [1.807, 2.05) is 30.7 Å². The van der Waals surface area contributed by atoms with Gasteiger partial charge in [0, 0.05) is 49.0 Å². The zero-order valence-corrected chi connectivity index (χ0v) is 13.9. The molecule has 1 aliphatic rings. The zero-order valence-electron chi connectivity index (χ0n) is 13.9. The van der Waals surface area contributed by atoms with E-state index in [1.165, 1.54) is 31.6 Å². The molecule has 1 atom stereocenters. The van der Waals surface area contributed by atoms with Gasteiger partial charge < -0.3 is 9.47 Å². The number of aromatic nitrogens is 3. The molecule has 1 unspecified atom stereocenters. The average Bonchev–Trinajstić information content (AvgIpc) is 3.12. The SMILES string of the molecule is Cc1cnc(-c2ccncc2)n1C1CCN(CCC(C)C)C1. The van der Waals surface area contributed by atoms with E-state index in [-0.39, 0.29) is 0 Å². The largest absolute Gasteiger partial charge is 0.324 e. The van der Waals surface area contributed by atoms with Crippen molar-refractivity contribution in [2.75, 3.05) is 19.6 Å². The number of imidazole rings is 1. The normalized spacial score (nSPS) is 19.2. The molecule has 0 spiro atoms. The standard InChI is InChI=1S/C18H26N4/c1-14(2)6-10-21-11-7-17(13-21)22-15(3)12-20-18(22)16-4-8-19-9-5-16/h4-5,8-9,12,14,17H,6-7,10-11,13H2,1-3H3. The van der Waals surface area contributed by atoms with Crippen LogP contribution in [-0.2, 0) is 0 Å². The van der Waals surface area contributed by atoms with Crippen molar-refractivity contribution in [3.8, 4) is 11.4 Å². The van der Waals surface area contributed by atoms with Gasteiger partial charge in [0.1, 0.15) is 5.82 Å². The van der Waals surface area contributed by atoms with Gasteiger partial charge in [-0.25, -0.2) is 4.98 Å². The molecule has 3 rings (SSSR count). The summed E-state index contributed by atoms with van der Waals surface area (Å²) < 4.78 is 2.42. The highest BCUT2D eigenvalue weighted by molar-refractivity contribution is 5.55. The fourth-order valence-electron chi connectivity index (χ4n) is 3.29. The third-order valence-corrected chi connectivity index (χ3v) is 4.56. The molecule has 2 aromatic heterocycles. The maximum absolute atomic E-state index is 4.65. The zero-order chi connectivity index (χ0) is 15.5. The van der Waals surface area contributed by atoms with E-state index < -0.39 is 0 Å². The van der Waals surface area contributed by atoms with Crippen LogP contribution in [0.2, 0.25) is 0 Å². The van der Waals surface area contributed by atoms with E-state index in [9.17, 15) is 0 Å². The second-order valence-corrected chi connectivity index (χ2v) is 6.75. The third-order valence-electron chi connectivity index (χ3n) is 4.56. The van der Waals surface area contributed by atoms with Crippen LogP contribution in [0.4, 0.5) is 0 Å². The predicted octanol–water partition coefficient (Wildman–Crippen LogP) is 3.55. The first kappa shape index (κ1) is 15.2. The number of pyridine rings is 1. The van der Waals surface area contributed by atoms with Gasteiger partial charge in [-0.05, 0) is 44.4 Å². The van der Waals surface area contributed by atoms with E-state index in [0.29, 0.717) is 6.04 Å². The molecule has 0 bridgehead atoms. The van der Waals surface area contributed by atoms with Crippen molar-refractivity contribution >= 4 is 0 Å². The second-order valence-electron chi connectivity index (χ2n) is 6.75. The van der Waals surface area contributed by atoms with Gasteiger partial charge in [-0.15, -0.1) is 0 Å². The minimum Gasteiger partial charge on any atom is -0.324 e. The van der Waals surface area contributed by atoms with Crippen molar-refractivity contribution in [2.24, 2.45) is 5.92 Å². The number of rotatable bonds is 5. The maximum atomic E-state index is 4.65. The third kappa shape index (κ3) is 3.22. The summed E-state index contributed by atoms with van der Waals surface area (Å²) in [5.74, 6) is 1.86. The van der Waals surface area contributed by atoms with Crippen molar-refractivity contribution in [1.29, 1.82) is 0 Å². The lowest BCUT2D eigenvalue weighted by atomic mass is 10.1. The molecule has 118 valence electrons. The molecule has 2 aromatic rings. The summed E-state index contributed by atoms with van der Waals surface area (Å²) in [6.07, 6.45) is 8.17. The summed E-state index contributed by atoms with van der Waals surface area (Å²) in [5.41, 5.74) is 2.41. The first-order chi connectivity index (χ1) is 10.6. The summed E-state index contributed by atoms with van der Waals surface area (Å²) in [5, 5.41) is 0. The summed E-state index contributed by atoms with van der Waals surface area (Å²) in [4.78, 5) is 11.4. The lowest BCUT2D eigenvalue weighted by Crippen LogP contribution is -2.24. The number of hydrogen-bond donors (Lipinski definition) is 0. The summed E-state index contributed by atoms with van der Waals surface area (Å²) >= 11 is 0. The van der Waals surface area contributed by atoms with Crippen LogP contribution in [0.3, 0.4) is 0 Å². The van der Waals surface area contributed by atoms with Crippen LogP contribution in [-0.4, -0.2) is 39.1 Å². The molecule has 1 saturated heterocycles. The van der Waals surface area contributed by atoms with Crippen molar-refractivity contribution in [3.63, 3.8) is 0 Å². The Morgan fingerprint density at radius 3 is 2.77 bits per heavy atom. The highest BCUT2D eigenvalue weighted by atomic mass is 15.2. The number of hydrogen-bond acceptors (Lipinski definition) is 3. The van der Waals surface area contributed by atoms with Crippen molar-refractivity contribution < 1.29 is 0 Å². The van der Waals surface area contributed by atoms with Crippen LogP contribution in [0.15, 0.2) is 30.7 Å². The monoisotopic (exact) mass is 298 g/mol. The highest BCUT2D eigenvalue weighted by Gasteiger charge is 2.26. The van der Waals surface area contributed by atoms with Crippen LogP contribution in [0, 0.1) is 12.8 Å². The van der Waals surface area contributed by atoms with Gasteiger partial charge in [0.25, 0.3) is 0 Å². The Kier molecular flexibility index (Phi) is 4.57. The van der Waals surface area contributed by atoms with Gasteiger partial charge in [0.05, 0.1) is 0 Å². The Balaban J connectivity index is 1.77. The molecular weight excluding hydrogens is 272 g/mol. The van der Waals surface area contributed by atoms with Crippen molar-refractivity contribution in [2.45, 2.75) is 39.7 Å². The molecule has 22 heavy (non-hydrogen) atoms. The molecule has 3 heterocycles. The van der Waals surface area contributed by atoms with Gasteiger partial charge in [0.2, 0.25) is 0 Å². The van der Waals surface area contributed by atoms with Crippen molar-refractivity contribution in [1.82, 2.24) is 19.4 Å². The molecule has 4 nitrogen and oxygen atoms in total. The van der Waals surface area contributed by atoms with Crippen LogP contribution in [0.25, 0.3) is 11.4 Å². The molecular formula is C18H26N4. The van der Waals surface area contributed by atoms with E-state index in [1.54, 1.807) is 0 Å². The van der Waals surface area contributed by atoms with Gasteiger partial charge >= 0.3 is 0 Å². The summed E-state index contributed by atoms with van der Waals surface area (Å²) in [7, 11) is 0. The van der Waals surface area contributed by atoms with Gasteiger partial charge in [-0.2, -0.15) is 0 Å². The molecule has 0 radical (unpaired) electrons. The minimum absolute atomic E-state index is 0.540. The number of likely N-dealkylation sites (tertiary alicyclic amines) is 1. The molecule has 0 aliphatic carbocycles. The first-order valence-corrected chi connectivity index (χ1v) is 8.31. The molecule has 1 aliphatic heterocycles. The molecule has 0 aromatic carbocycles. The smallest absolute Gasteiger partial charge is 0.140 e. The lowest BCUT2D eigenvalue weighted by molar-refractivity contribution is 0.301. The highest BCUT2D eigenvalue weighted by Crippen LogP contribution is 2.29. The number of nitrogens with zero attached hydrogens (tertiary/aromatic N) is 4. The van der Waals surface area contributed by atoms with E-state index in [0.717, 1.165) is 23.9 Å². The van der Waals surface area contributed by atoms with Crippen molar-refractivity contribution in [3.05, 3.63) is 36.4 Å². The fourth-order valence-corrected chi connectivity index (χ4v) is 3.29. The second kappa shape index (κ2) is 6.61. The van der Waals surface area contributed by atoms with Gasteiger partial charge in [-0.1, -0.05) is 13.8 Å². The predicted molar refractivity (Wildman–Crippen MR) is 89.7 cm³/mol.